The maximum atomic E-state index is 12.1. The minimum absolute atomic E-state index is 0.153. The zero-order chi connectivity index (χ0) is 15.4. The third-order valence-electron chi connectivity index (χ3n) is 2.58. The molecule has 1 amide bonds. The number of amides is 1. The summed E-state index contributed by atoms with van der Waals surface area (Å²) in [5.74, 6) is -1.23. The molecule has 1 aromatic carbocycles. The summed E-state index contributed by atoms with van der Waals surface area (Å²) in [6.45, 7) is 2.60. The second kappa shape index (κ2) is 6.23. The van der Waals surface area contributed by atoms with Gasteiger partial charge in [0.1, 0.15) is 10.7 Å². The van der Waals surface area contributed by atoms with Crippen molar-refractivity contribution in [1.29, 1.82) is 0 Å². The first-order valence-corrected chi connectivity index (χ1v) is 6.97. The van der Waals surface area contributed by atoms with Crippen LogP contribution in [0.25, 0.3) is 0 Å². The van der Waals surface area contributed by atoms with Crippen molar-refractivity contribution in [2.45, 2.75) is 6.92 Å². The number of benzene rings is 1. The SMILES string of the molecule is CCNc1nc(N)c(C(=O)Nc2ccc(C(=O)O)cc2)s1. The lowest BCUT2D eigenvalue weighted by Gasteiger charge is -2.04. The van der Waals surface area contributed by atoms with E-state index >= 15 is 0 Å². The normalized spacial score (nSPS) is 10.1. The van der Waals surface area contributed by atoms with E-state index in [1.54, 1.807) is 0 Å². The largest absolute Gasteiger partial charge is 0.478 e. The average Bonchev–Trinajstić information content (AvgIpc) is 2.81. The van der Waals surface area contributed by atoms with Gasteiger partial charge in [0.25, 0.3) is 5.91 Å². The van der Waals surface area contributed by atoms with E-state index in [0.717, 1.165) is 0 Å². The third kappa shape index (κ3) is 3.48. The smallest absolute Gasteiger partial charge is 0.335 e. The van der Waals surface area contributed by atoms with Gasteiger partial charge in [-0.3, -0.25) is 4.79 Å². The predicted octanol–water partition coefficient (Wildman–Crippen LogP) is 2.11. The Morgan fingerprint density at radius 1 is 1.33 bits per heavy atom. The number of rotatable bonds is 5. The fourth-order valence-electron chi connectivity index (χ4n) is 1.61. The van der Waals surface area contributed by atoms with Gasteiger partial charge in [0, 0.05) is 12.2 Å². The first kappa shape index (κ1) is 14.8. The zero-order valence-electron chi connectivity index (χ0n) is 11.2. The van der Waals surface area contributed by atoms with Gasteiger partial charge < -0.3 is 21.5 Å². The maximum Gasteiger partial charge on any atom is 0.335 e. The number of aromatic carboxylic acids is 1. The number of nitrogens with one attached hydrogen (secondary N) is 2. The highest BCUT2D eigenvalue weighted by molar-refractivity contribution is 7.18. The Balaban J connectivity index is 2.12. The fraction of sp³-hybridized carbons (Fsp3) is 0.154. The Morgan fingerprint density at radius 2 is 2.00 bits per heavy atom. The van der Waals surface area contributed by atoms with Gasteiger partial charge in [0.15, 0.2) is 5.13 Å². The molecule has 0 saturated carbocycles. The summed E-state index contributed by atoms with van der Waals surface area (Å²) in [5, 5.41) is 15.0. The molecule has 0 radical (unpaired) electrons. The second-order valence-corrected chi connectivity index (χ2v) is 5.10. The van der Waals surface area contributed by atoms with Gasteiger partial charge in [-0.25, -0.2) is 9.78 Å². The van der Waals surface area contributed by atoms with Gasteiger partial charge in [-0.1, -0.05) is 11.3 Å². The number of anilines is 3. The number of hydrogen-bond donors (Lipinski definition) is 4. The van der Waals surface area contributed by atoms with Crippen LogP contribution in [-0.2, 0) is 0 Å². The minimum Gasteiger partial charge on any atom is -0.478 e. The second-order valence-electron chi connectivity index (χ2n) is 4.10. The number of carboxylic acids is 1. The molecule has 2 aromatic rings. The molecule has 0 aliphatic carbocycles. The molecule has 0 fully saturated rings. The molecule has 21 heavy (non-hydrogen) atoms. The average molecular weight is 306 g/mol. The van der Waals surface area contributed by atoms with Crippen molar-refractivity contribution >= 4 is 39.9 Å². The lowest BCUT2D eigenvalue weighted by Crippen LogP contribution is -2.12. The highest BCUT2D eigenvalue weighted by atomic mass is 32.1. The van der Waals surface area contributed by atoms with E-state index in [-0.39, 0.29) is 17.3 Å². The van der Waals surface area contributed by atoms with E-state index in [4.69, 9.17) is 10.8 Å². The summed E-state index contributed by atoms with van der Waals surface area (Å²) in [4.78, 5) is 27.2. The van der Waals surface area contributed by atoms with Crippen LogP contribution in [0.2, 0.25) is 0 Å². The predicted molar refractivity (Wildman–Crippen MR) is 82.0 cm³/mol. The Hall–Kier alpha value is -2.61. The topological polar surface area (TPSA) is 117 Å². The molecule has 110 valence electrons. The Labute approximate surface area is 124 Å². The van der Waals surface area contributed by atoms with Crippen LogP contribution in [0.15, 0.2) is 24.3 Å². The van der Waals surface area contributed by atoms with E-state index in [0.29, 0.717) is 22.2 Å². The first-order valence-electron chi connectivity index (χ1n) is 6.16. The molecular weight excluding hydrogens is 292 g/mol. The van der Waals surface area contributed by atoms with E-state index in [1.807, 2.05) is 6.92 Å². The number of carboxylic acid groups (broad SMARTS) is 1. The van der Waals surface area contributed by atoms with Crippen molar-refractivity contribution in [3.8, 4) is 0 Å². The monoisotopic (exact) mass is 306 g/mol. The van der Waals surface area contributed by atoms with Gasteiger partial charge in [0.2, 0.25) is 0 Å². The van der Waals surface area contributed by atoms with Crippen LogP contribution in [0.3, 0.4) is 0 Å². The molecule has 1 heterocycles. The van der Waals surface area contributed by atoms with Crippen molar-refractivity contribution in [2.24, 2.45) is 0 Å². The van der Waals surface area contributed by atoms with Crippen LogP contribution in [0, 0.1) is 0 Å². The molecule has 0 aliphatic rings. The van der Waals surface area contributed by atoms with Crippen molar-refractivity contribution in [2.75, 3.05) is 22.9 Å². The number of carbonyl (C=O) groups excluding carboxylic acids is 1. The van der Waals surface area contributed by atoms with Crippen LogP contribution in [-0.4, -0.2) is 28.5 Å². The highest BCUT2D eigenvalue weighted by Crippen LogP contribution is 2.25. The minimum atomic E-state index is -1.02. The van der Waals surface area contributed by atoms with Crippen LogP contribution < -0.4 is 16.4 Å². The first-order chi connectivity index (χ1) is 10.0. The van der Waals surface area contributed by atoms with Crippen LogP contribution in [0.5, 0.6) is 0 Å². The summed E-state index contributed by atoms with van der Waals surface area (Å²) in [6, 6.07) is 5.86. The quantitative estimate of drug-likeness (QED) is 0.672. The molecule has 0 unspecified atom stereocenters. The molecule has 0 atom stereocenters. The van der Waals surface area contributed by atoms with E-state index in [9.17, 15) is 9.59 Å². The van der Waals surface area contributed by atoms with Crippen LogP contribution in [0.4, 0.5) is 16.6 Å². The standard InChI is InChI=1S/C13H14N4O3S/c1-2-15-13-17-10(14)9(21-13)11(18)16-8-5-3-7(4-6-8)12(19)20/h3-6H,2,14H2,1H3,(H,15,17)(H,16,18)(H,19,20). The summed E-state index contributed by atoms with van der Waals surface area (Å²) >= 11 is 1.17. The number of thiazole rings is 1. The molecule has 1 aromatic heterocycles. The maximum absolute atomic E-state index is 12.1. The fourth-order valence-corrected chi connectivity index (χ4v) is 2.45. The summed E-state index contributed by atoms with van der Waals surface area (Å²) in [7, 11) is 0. The zero-order valence-corrected chi connectivity index (χ0v) is 12.0. The van der Waals surface area contributed by atoms with Gasteiger partial charge >= 0.3 is 5.97 Å². The molecule has 2 rings (SSSR count). The summed E-state index contributed by atoms with van der Waals surface area (Å²) < 4.78 is 0. The number of nitrogens with zero attached hydrogens (tertiary/aromatic N) is 1. The number of carbonyl (C=O) groups is 2. The van der Waals surface area contributed by atoms with Crippen molar-refractivity contribution in [1.82, 2.24) is 4.98 Å². The Bertz CT molecular complexity index is 667. The highest BCUT2D eigenvalue weighted by Gasteiger charge is 2.16. The summed E-state index contributed by atoms with van der Waals surface area (Å²) in [6.07, 6.45) is 0. The summed E-state index contributed by atoms with van der Waals surface area (Å²) in [5.41, 5.74) is 6.35. The lowest BCUT2D eigenvalue weighted by molar-refractivity contribution is 0.0696. The van der Waals surface area contributed by atoms with Gasteiger partial charge in [-0.2, -0.15) is 0 Å². The van der Waals surface area contributed by atoms with Crippen LogP contribution in [0.1, 0.15) is 27.0 Å². The molecular formula is C13H14N4O3S. The lowest BCUT2D eigenvalue weighted by atomic mass is 10.2. The molecule has 7 nitrogen and oxygen atoms in total. The van der Waals surface area contributed by atoms with E-state index in [1.165, 1.54) is 35.6 Å². The van der Waals surface area contributed by atoms with Crippen molar-refractivity contribution in [3.05, 3.63) is 34.7 Å². The molecule has 5 N–H and O–H groups in total. The molecule has 8 heteroatoms. The number of hydrogen-bond acceptors (Lipinski definition) is 6. The number of nitrogen functional groups attached to an aromatic ring is 1. The Morgan fingerprint density at radius 3 is 2.57 bits per heavy atom. The van der Waals surface area contributed by atoms with Crippen molar-refractivity contribution in [3.63, 3.8) is 0 Å². The molecule has 0 saturated heterocycles. The third-order valence-corrected chi connectivity index (χ3v) is 3.60. The van der Waals surface area contributed by atoms with E-state index < -0.39 is 5.97 Å². The van der Waals surface area contributed by atoms with Crippen LogP contribution >= 0.6 is 11.3 Å². The van der Waals surface area contributed by atoms with Gasteiger partial charge in [-0.15, -0.1) is 0 Å². The Kier molecular flexibility index (Phi) is 4.39. The molecule has 0 spiro atoms. The molecule has 0 aliphatic heterocycles. The van der Waals surface area contributed by atoms with Crippen molar-refractivity contribution < 1.29 is 14.7 Å². The van der Waals surface area contributed by atoms with E-state index in [2.05, 4.69) is 15.6 Å². The number of aromatic nitrogens is 1. The number of nitrogens with two attached hydrogens (primary N) is 1. The van der Waals surface area contributed by atoms with Gasteiger partial charge in [0.05, 0.1) is 5.56 Å². The molecule has 0 bridgehead atoms. The van der Waals surface area contributed by atoms with Gasteiger partial charge in [-0.05, 0) is 31.2 Å².